The maximum atomic E-state index is 12.9. The van der Waals surface area contributed by atoms with Crippen molar-refractivity contribution >= 4 is 11.6 Å². The fraction of sp³-hybridized carbons (Fsp3) is 0.542. The van der Waals surface area contributed by atoms with E-state index in [0.717, 1.165) is 60.0 Å². The molecule has 1 amide bonds. The molecular formula is C24H30N4O3. The number of benzene rings is 1. The largest absolute Gasteiger partial charge is 0.492 e. The second-order valence-electron chi connectivity index (χ2n) is 9.05. The van der Waals surface area contributed by atoms with E-state index in [9.17, 15) is 4.79 Å². The van der Waals surface area contributed by atoms with Crippen LogP contribution in [0.15, 0.2) is 24.5 Å². The number of hydrogen-bond donors (Lipinski definition) is 1. The van der Waals surface area contributed by atoms with Crippen LogP contribution in [-0.4, -0.2) is 60.2 Å². The van der Waals surface area contributed by atoms with Gasteiger partial charge in [0.15, 0.2) is 0 Å². The van der Waals surface area contributed by atoms with Gasteiger partial charge in [0, 0.05) is 40.7 Å². The van der Waals surface area contributed by atoms with Crippen LogP contribution in [0, 0.1) is 25.2 Å². The highest BCUT2D eigenvalue weighted by atomic mass is 16.5. The molecule has 7 heteroatoms. The number of carbonyl (C=O) groups excluding carboxylic acids is 1. The maximum Gasteiger partial charge on any atom is 0.233 e. The van der Waals surface area contributed by atoms with Crippen LogP contribution in [0.1, 0.15) is 30.7 Å². The Hall–Kier alpha value is -2.51. The lowest BCUT2D eigenvalue weighted by atomic mass is 10.0. The molecule has 2 aliphatic heterocycles. The predicted octanol–water partition coefficient (Wildman–Crippen LogP) is 3.21. The molecule has 7 nitrogen and oxygen atoms in total. The van der Waals surface area contributed by atoms with Crippen molar-refractivity contribution in [1.82, 2.24) is 14.9 Å². The van der Waals surface area contributed by atoms with E-state index >= 15 is 0 Å². The molecule has 31 heavy (non-hydrogen) atoms. The Morgan fingerprint density at radius 1 is 1.26 bits per heavy atom. The van der Waals surface area contributed by atoms with Gasteiger partial charge in [-0.05, 0) is 64.4 Å². The molecule has 3 fully saturated rings. The lowest BCUT2D eigenvalue weighted by molar-refractivity contribution is -0.121. The van der Waals surface area contributed by atoms with Crippen molar-refractivity contribution in [3.8, 4) is 16.9 Å². The average molecular weight is 423 g/mol. The number of nitrogens with one attached hydrogen (secondary N) is 1. The zero-order valence-corrected chi connectivity index (χ0v) is 18.3. The van der Waals surface area contributed by atoms with Gasteiger partial charge in [-0.1, -0.05) is 0 Å². The van der Waals surface area contributed by atoms with Gasteiger partial charge in [0.2, 0.25) is 5.91 Å². The number of anilines is 1. The predicted molar refractivity (Wildman–Crippen MR) is 118 cm³/mol. The number of hydrogen-bond acceptors (Lipinski definition) is 6. The number of amides is 1. The summed E-state index contributed by atoms with van der Waals surface area (Å²) in [5.41, 5.74) is 4.10. The SMILES string of the molecule is Cc1ncnc(C)c1-c1cc(NC(=O)C23COCC2C3)ccc1OCCN1CCCC1. The minimum atomic E-state index is -0.327. The van der Waals surface area contributed by atoms with Gasteiger partial charge in [0.25, 0.3) is 0 Å². The summed E-state index contributed by atoms with van der Waals surface area (Å²) in [5.74, 6) is 1.22. The van der Waals surface area contributed by atoms with Crippen LogP contribution >= 0.6 is 0 Å². The molecule has 1 aliphatic carbocycles. The Labute approximate surface area is 183 Å². The van der Waals surface area contributed by atoms with E-state index in [1.54, 1.807) is 6.33 Å². The summed E-state index contributed by atoms with van der Waals surface area (Å²) in [6.07, 6.45) is 5.05. The smallest absolute Gasteiger partial charge is 0.233 e. The maximum absolute atomic E-state index is 12.9. The number of likely N-dealkylation sites (tertiary alicyclic amines) is 1. The van der Waals surface area contributed by atoms with Gasteiger partial charge in [-0.25, -0.2) is 9.97 Å². The van der Waals surface area contributed by atoms with Crippen LogP contribution in [0.25, 0.3) is 11.1 Å². The van der Waals surface area contributed by atoms with Crippen molar-refractivity contribution in [2.45, 2.75) is 33.1 Å². The number of aryl methyl sites for hydroxylation is 2. The minimum absolute atomic E-state index is 0.0569. The summed E-state index contributed by atoms with van der Waals surface area (Å²) in [6, 6.07) is 5.87. The molecule has 0 bridgehead atoms. The van der Waals surface area contributed by atoms with Crippen LogP contribution < -0.4 is 10.1 Å². The monoisotopic (exact) mass is 422 g/mol. The first kappa shape index (κ1) is 20.4. The van der Waals surface area contributed by atoms with E-state index in [2.05, 4.69) is 20.2 Å². The number of carbonyl (C=O) groups is 1. The summed E-state index contributed by atoms with van der Waals surface area (Å²) >= 11 is 0. The van der Waals surface area contributed by atoms with Crippen molar-refractivity contribution in [1.29, 1.82) is 0 Å². The molecule has 3 heterocycles. The molecule has 5 rings (SSSR count). The molecule has 2 unspecified atom stereocenters. The summed E-state index contributed by atoms with van der Waals surface area (Å²) in [5, 5.41) is 3.12. The third-order valence-corrected chi connectivity index (χ3v) is 6.96. The highest BCUT2D eigenvalue weighted by Gasteiger charge is 2.63. The van der Waals surface area contributed by atoms with E-state index < -0.39 is 0 Å². The molecule has 0 radical (unpaired) electrons. The number of ether oxygens (including phenoxy) is 2. The summed E-state index contributed by atoms with van der Waals surface area (Å²) in [7, 11) is 0. The standard InChI is InChI=1S/C24H30N4O3/c1-16-22(17(2)26-15-25-16)20-11-19(27-23(29)24-12-18(24)13-30-14-24)5-6-21(20)31-10-9-28-7-3-4-8-28/h5-6,11,15,18H,3-4,7-10,12-14H2,1-2H3,(H,27,29). The number of aromatic nitrogens is 2. The highest BCUT2D eigenvalue weighted by molar-refractivity contribution is 5.98. The summed E-state index contributed by atoms with van der Waals surface area (Å²) in [6.45, 7) is 9.04. The zero-order valence-electron chi connectivity index (χ0n) is 18.3. The molecular weight excluding hydrogens is 392 g/mol. The topological polar surface area (TPSA) is 76.6 Å². The Balaban J connectivity index is 1.39. The Morgan fingerprint density at radius 2 is 2.03 bits per heavy atom. The van der Waals surface area contributed by atoms with Crippen molar-refractivity contribution < 1.29 is 14.3 Å². The third-order valence-electron chi connectivity index (χ3n) is 6.96. The van der Waals surface area contributed by atoms with Crippen molar-refractivity contribution in [2.24, 2.45) is 11.3 Å². The van der Waals surface area contributed by atoms with E-state index in [1.807, 2.05) is 32.0 Å². The Morgan fingerprint density at radius 3 is 2.71 bits per heavy atom. The van der Waals surface area contributed by atoms with Crippen LogP contribution in [0.2, 0.25) is 0 Å². The summed E-state index contributed by atoms with van der Waals surface area (Å²) < 4.78 is 11.7. The molecule has 2 aromatic rings. The van der Waals surface area contributed by atoms with Crippen LogP contribution in [0.5, 0.6) is 5.75 Å². The third kappa shape index (κ3) is 3.92. The van der Waals surface area contributed by atoms with Gasteiger partial charge in [0.05, 0.1) is 18.6 Å². The molecule has 164 valence electrons. The fourth-order valence-electron chi connectivity index (χ4n) is 4.96. The molecule has 1 aromatic heterocycles. The van der Waals surface area contributed by atoms with E-state index in [4.69, 9.17) is 9.47 Å². The van der Waals surface area contributed by atoms with Gasteiger partial charge in [-0.2, -0.15) is 0 Å². The lowest BCUT2D eigenvalue weighted by Crippen LogP contribution is -2.27. The molecule has 1 aromatic carbocycles. The average Bonchev–Trinajstić information content (AvgIpc) is 3.08. The molecule has 2 saturated heterocycles. The first-order chi connectivity index (χ1) is 15.1. The van der Waals surface area contributed by atoms with E-state index in [1.165, 1.54) is 12.8 Å². The Bertz CT molecular complexity index is 969. The summed E-state index contributed by atoms with van der Waals surface area (Å²) in [4.78, 5) is 24.1. The molecule has 2 atom stereocenters. The minimum Gasteiger partial charge on any atom is -0.492 e. The number of fused-ring (bicyclic) bond motifs is 1. The normalized spacial score (nSPS) is 24.8. The van der Waals surface area contributed by atoms with Crippen LogP contribution in [0.4, 0.5) is 5.69 Å². The fourth-order valence-corrected chi connectivity index (χ4v) is 4.96. The van der Waals surface area contributed by atoms with Crippen molar-refractivity contribution in [2.75, 3.05) is 44.8 Å². The van der Waals surface area contributed by atoms with E-state index in [-0.39, 0.29) is 11.3 Å². The Kier molecular flexibility index (Phi) is 5.40. The van der Waals surface area contributed by atoms with Crippen LogP contribution in [0.3, 0.4) is 0 Å². The first-order valence-corrected chi connectivity index (χ1v) is 11.2. The highest BCUT2D eigenvalue weighted by Crippen LogP contribution is 2.57. The van der Waals surface area contributed by atoms with Crippen molar-refractivity contribution in [3.63, 3.8) is 0 Å². The molecule has 1 saturated carbocycles. The first-order valence-electron chi connectivity index (χ1n) is 11.2. The van der Waals surface area contributed by atoms with Crippen LogP contribution in [-0.2, 0) is 9.53 Å². The van der Waals surface area contributed by atoms with Crippen molar-refractivity contribution in [3.05, 3.63) is 35.9 Å². The van der Waals surface area contributed by atoms with Gasteiger partial charge in [0.1, 0.15) is 18.7 Å². The molecule has 1 N–H and O–H groups in total. The van der Waals surface area contributed by atoms with Gasteiger partial charge >= 0.3 is 0 Å². The van der Waals surface area contributed by atoms with E-state index in [0.29, 0.717) is 25.7 Å². The number of rotatable bonds is 7. The lowest BCUT2D eigenvalue weighted by Gasteiger charge is -2.19. The van der Waals surface area contributed by atoms with Gasteiger partial charge < -0.3 is 14.8 Å². The molecule has 3 aliphatic rings. The van der Waals surface area contributed by atoms with Gasteiger partial charge in [-0.3, -0.25) is 9.69 Å². The number of nitrogens with zero attached hydrogens (tertiary/aromatic N) is 3. The second kappa shape index (κ2) is 8.20. The quantitative estimate of drug-likeness (QED) is 0.738. The second-order valence-corrected chi connectivity index (χ2v) is 9.05. The van der Waals surface area contributed by atoms with Gasteiger partial charge in [-0.15, -0.1) is 0 Å². The molecule has 0 spiro atoms. The zero-order chi connectivity index (χ0) is 21.4.